The molecule has 0 radical (unpaired) electrons. The molecule has 0 saturated heterocycles. The van der Waals surface area contributed by atoms with Crippen LogP contribution in [0.15, 0.2) is 24.3 Å². The number of hydrogen-bond acceptors (Lipinski definition) is 7. The van der Waals surface area contributed by atoms with Gasteiger partial charge in [-0.1, -0.05) is 96.6 Å². The van der Waals surface area contributed by atoms with Crippen LogP contribution in [-0.2, 0) is 25.0 Å². The highest BCUT2D eigenvalue weighted by Crippen LogP contribution is 2.32. The number of benzene rings is 1. The standard InChI is InChI=1S/C31H56NO6P/c1-5-7-8-9-10-11-12-13-14-15-16-17-19-28-20-22-29(23-21-28)35-26-30(38-31(33)18-6-2)27-37-39(34)36-25-24-32(3)4/h20-23,30,34H,5-19,24-27H2,1-4H3. The van der Waals surface area contributed by atoms with E-state index in [1.54, 1.807) is 0 Å². The van der Waals surface area contributed by atoms with Gasteiger partial charge in [-0.2, -0.15) is 0 Å². The van der Waals surface area contributed by atoms with Crippen molar-refractivity contribution in [1.82, 2.24) is 4.90 Å². The first-order valence-corrected chi connectivity index (χ1v) is 16.4. The van der Waals surface area contributed by atoms with Gasteiger partial charge < -0.3 is 28.3 Å². The maximum atomic E-state index is 12.0. The first-order valence-electron chi connectivity index (χ1n) is 15.2. The zero-order chi connectivity index (χ0) is 28.6. The van der Waals surface area contributed by atoms with Crippen molar-refractivity contribution in [2.24, 2.45) is 0 Å². The molecule has 0 aliphatic heterocycles. The van der Waals surface area contributed by atoms with Crippen LogP contribution in [0.4, 0.5) is 0 Å². The van der Waals surface area contributed by atoms with Crippen molar-refractivity contribution in [3.8, 4) is 5.75 Å². The minimum Gasteiger partial charge on any atom is -0.490 e. The molecule has 0 fully saturated rings. The lowest BCUT2D eigenvalue weighted by Crippen LogP contribution is -2.29. The zero-order valence-electron chi connectivity index (χ0n) is 25.2. The molecule has 2 unspecified atom stereocenters. The Morgan fingerprint density at radius 1 is 0.821 bits per heavy atom. The van der Waals surface area contributed by atoms with Gasteiger partial charge in [0.05, 0.1) is 13.2 Å². The summed E-state index contributed by atoms with van der Waals surface area (Å²) in [5.41, 5.74) is 1.31. The number of carbonyl (C=O) groups excluding carboxylic acids is 1. The molecular formula is C31H56NO6P. The molecule has 0 bridgehead atoms. The van der Waals surface area contributed by atoms with Gasteiger partial charge in [0.1, 0.15) is 12.4 Å². The number of likely N-dealkylation sites (N-methyl/N-ethyl adjacent to an activating group) is 1. The smallest absolute Gasteiger partial charge is 0.330 e. The average Bonchev–Trinajstić information content (AvgIpc) is 2.91. The third-order valence-corrected chi connectivity index (χ3v) is 7.31. The van der Waals surface area contributed by atoms with Crippen molar-refractivity contribution in [3.05, 3.63) is 29.8 Å². The monoisotopic (exact) mass is 569 g/mol. The quantitative estimate of drug-likeness (QED) is 0.0692. The number of rotatable bonds is 26. The molecule has 1 aromatic rings. The fourth-order valence-electron chi connectivity index (χ4n) is 4.16. The van der Waals surface area contributed by atoms with Gasteiger partial charge in [0, 0.05) is 13.0 Å². The summed E-state index contributed by atoms with van der Waals surface area (Å²) in [7, 11) is 1.82. The number of hydrogen-bond donors (Lipinski definition) is 1. The summed E-state index contributed by atoms with van der Waals surface area (Å²) in [6.45, 7) is 5.39. The van der Waals surface area contributed by atoms with Crippen LogP contribution in [0.1, 0.15) is 109 Å². The van der Waals surface area contributed by atoms with E-state index >= 15 is 0 Å². The number of carbonyl (C=O) groups is 1. The van der Waals surface area contributed by atoms with E-state index in [1.165, 1.54) is 82.6 Å². The van der Waals surface area contributed by atoms with Gasteiger partial charge in [-0.15, -0.1) is 0 Å². The summed E-state index contributed by atoms with van der Waals surface area (Å²) < 4.78 is 22.1. The Morgan fingerprint density at radius 3 is 1.97 bits per heavy atom. The van der Waals surface area contributed by atoms with Crippen LogP contribution in [0.5, 0.6) is 5.75 Å². The largest absolute Gasteiger partial charge is 0.490 e. The molecule has 0 spiro atoms. The van der Waals surface area contributed by atoms with Crippen LogP contribution in [0, 0.1) is 0 Å². The second-order valence-electron chi connectivity index (χ2n) is 10.6. The minimum atomic E-state index is -2.04. The second-order valence-corrected chi connectivity index (χ2v) is 11.6. The van der Waals surface area contributed by atoms with E-state index in [2.05, 4.69) is 19.1 Å². The van der Waals surface area contributed by atoms with E-state index in [1.807, 2.05) is 38.1 Å². The van der Waals surface area contributed by atoms with Gasteiger partial charge in [0.25, 0.3) is 0 Å². The number of nitrogens with zero attached hydrogens (tertiary/aromatic N) is 1. The van der Waals surface area contributed by atoms with Crippen LogP contribution in [0.2, 0.25) is 0 Å². The third-order valence-electron chi connectivity index (χ3n) is 6.54. The number of aryl methyl sites for hydroxylation is 1. The van der Waals surface area contributed by atoms with E-state index < -0.39 is 14.7 Å². The van der Waals surface area contributed by atoms with Gasteiger partial charge in [-0.3, -0.25) is 4.79 Å². The first kappa shape index (κ1) is 35.8. The van der Waals surface area contributed by atoms with Crippen molar-refractivity contribution < 1.29 is 28.2 Å². The van der Waals surface area contributed by atoms with Gasteiger partial charge >= 0.3 is 14.6 Å². The Hall–Kier alpha value is -1.24. The molecule has 0 aliphatic carbocycles. The lowest BCUT2D eigenvalue weighted by Gasteiger charge is -2.20. The molecule has 39 heavy (non-hydrogen) atoms. The molecule has 0 aliphatic rings. The van der Waals surface area contributed by atoms with Crippen molar-refractivity contribution in [3.63, 3.8) is 0 Å². The SMILES string of the molecule is CCCCCCCCCCCCCCc1ccc(OCC(COP(O)OCCN(C)C)OC(=O)CCC)cc1. The molecule has 0 saturated carbocycles. The van der Waals surface area contributed by atoms with E-state index in [-0.39, 0.29) is 19.2 Å². The molecule has 0 amide bonds. The van der Waals surface area contributed by atoms with Crippen LogP contribution in [-0.4, -0.2) is 62.3 Å². The highest BCUT2D eigenvalue weighted by molar-refractivity contribution is 7.40. The molecule has 7 nitrogen and oxygen atoms in total. The number of ether oxygens (including phenoxy) is 2. The third kappa shape index (κ3) is 21.2. The Bertz CT molecular complexity index is 703. The Balaban J connectivity index is 2.27. The zero-order valence-corrected chi connectivity index (χ0v) is 26.1. The maximum Gasteiger partial charge on any atom is 0.330 e. The predicted octanol–water partition coefficient (Wildman–Crippen LogP) is 7.83. The molecule has 1 N–H and O–H groups in total. The average molecular weight is 570 g/mol. The van der Waals surface area contributed by atoms with Gasteiger partial charge in [-0.05, 0) is 51.1 Å². The first-order chi connectivity index (χ1) is 18.9. The molecule has 8 heteroatoms. The fraction of sp³-hybridized carbons (Fsp3) is 0.774. The highest BCUT2D eigenvalue weighted by atomic mass is 31.2. The van der Waals surface area contributed by atoms with Gasteiger partial charge in [0.15, 0.2) is 6.10 Å². The summed E-state index contributed by atoms with van der Waals surface area (Å²) in [4.78, 5) is 24.0. The van der Waals surface area contributed by atoms with Gasteiger partial charge in [0.2, 0.25) is 0 Å². The second kappa shape index (κ2) is 24.5. The molecular weight excluding hydrogens is 513 g/mol. The summed E-state index contributed by atoms with van der Waals surface area (Å²) in [5.74, 6) is 0.418. The number of esters is 1. The van der Waals surface area contributed by atoms with Crippen LogP contribution in [0.25, 0.3) is 0 Å². The predicted molar refractivity (Wildman–Crippen MR) is 161 cm³/mol. The Morgan fingerprint density at radius 2 is 1.41 bits per heavy atom. The summed E-state index contributed by atoms with van der Waals surface area (Å²) in [5, 5.41) is 0. The van der Waals surface area contributed by atoms with Crippen LogP contribution < -0.4 is 4.74 Å². The molecule has 2 atom stereocenters. The van der Waals surface area contributed by atoms with Crippen molar-refractivity contribution in [2.75, 3.05) is 40.5 Å². The van der Waals surface area contributed by atoms with Crippen molar-refractivity contribution in [1.29, 1.82) is 0 Å². The lowest BCUT2D eigenvalue weighted by atomic mass is 10.0. The lowest BCUT2D eigenvalue weighted by molar-refractivity contribution is -0.152. The molecule has 226 valence electrons. The topological polar surface area (TPSA) is 77.5 Å². The Labute approximate surface area is 239 Å². The van der Waals surface area contributed by atoms with E-state index in [4.69, 9.17) is 18.5 Å². The van der Waals surface area contributed by atoms with E-state index in [0.717, 1.165) is 12.2 Å². The van der Waals surface area contributed by atoms with Crippen molar-refractivity contribution >= 4 is 14.6 Å². The fourth-order valence-corrected chi connectivity index (χ4v) is 4.77. The van der Waals surface area contributed by atoms with Crippen LogP contribution in [0.3, 0.4) is 0 Å². The molecule has 1 aromatic carbocycles. The van der Waals surface area contributed by atoms with Crippen molar-refractivity contribution in [2.45, 2.75) is 116 Å². The molecule has 1 rings (SSSR count). The van der Waals surface area contributed by atoms with Gasteiger partial charge in [-0.25, -0.2) is 0 Å². The minimum absolute atomic E-state index is 0.0106. The summed E-state index contributed by atoms with van der Waals surface area (Å²) in [6, 6.07) is 8.14. The molecule has 0 aromatic heterocycles. The highest BCUT2D eigenvalue weighted by Gasteiger charge is 2.19. The summed E-state index contributed by atoms with van der Waals surface area (Å²) >= 11 is 0. The Kier molecular flexibility index (Phi) is 22.5. The van der Waals surface area contributed by atoms with E-state index in [9.17, 15) is 9.69 Å². The van der Waals surface area contributed by atoms with E-state index in [0.29, 0.717) is 26.0 Å². The van der Waals surface area contributed by atoms with Crippen LogP contribution >= 0.6 is 8.60 Å². The normalized spacial score (nSPS) is 13.0. The number of unbranched alkanes of at least 4 members (excludes halogenated alkanes) is 11. The maximum absolute atomic E-state index is 12.0. The summed E-state index contributed by atoms with van der Waals surface area (Å²) in [6.07, 6.45) is 17.8. The molecule has 0 heterocycles.